The smallest absolute Gasteiger partial charge is 0.320 e. The van der Waals surface area contributed by atoms with Crippen molar-refractivity contribution in [2.75, 3.05) is 46.9 Å². The number of carbonyl (C=O) groups is 1. The zero-order valence-electron chi connectivity index (χ0n) is 12.2. The Hall–Kier alpha value is -0.610. The van der Waals surface area contributed by atoms with Gasteiger partial charge in [-0.05, 0) is 52.4 Å². The van der Waals surface area contributed by atoms with Crippen LogP contribution < -0.4 is 0 Å². The Kier molecular flexibility index (Phi) is 7.28. The summed E-state index contributed by atoms with van der Waals surface area (Å²) in [6.45, 7) is 6.37. The van der Waals surface area contributed by atoms with Gasteiger partial charge in [0.05, 0.1) is 13.2 Å². The van der Waals surface area contributed by atoms with Crippen molar-refractivity contribution in [3.8, 4) is 0 Å². The number of esters is 1. The van der Waals surface area contributed by atoms with Crippen molar-refractivity contribution in [2.45, 2.75) is 32.6 Å². The monoisotopic (exact) mass is 256 g/mol. The molecule has 1 aliphatic heterocycles. The standard InChI is InChI=1S/C14H28N2O2/c1-4-5-10-18-14(17)12-16-8-6-13(7-9-16)11-15(2)3/h13H,4-12H2,1-3H3. The van der Waals surface area contributed by atoms with Crippen LogP contribution in [-0.2, 0) is 9.53 Å². The zero-order valence-corrected chi connectivity index (χ0v) is 12.2. The number of nitrogens with zero attached hydrogens (tertiary/aromatic N) is 2. The lowest BCUT2D eigenvalue weighted by Gasteiger charge is -2.32. The van der Waals surface area contributed by atoms with Crippen LogP contribution in [0.15, 0.2) is 0 Å². The molecule has 0 radical (unpaired) electrons. The molecule has 0 aromatic carbocycles. The molecule has 106 valence electrons. The van der Waals surface area contributed by atoms with E-state index in [4.69, 9.17) is 4.74 Å². The van der Waals surface area contributed by atoms with E-state index in [1.54, 1.807) is 0 Å². The number of likely N-dealkylation sites (tertiary alicyclic amines) is 1. The number of piperidine rings is 1. The maximum Gasteiger partial charge on any atom is 0.320 e. The average Bonchev–Trinajstić information content (AvgIpc) is 2.31. The summed E-state index contributed by atoms with van der Waals surface area (Å²) in [6, 6.07) is 0. The van der Waals surface area contributed by atoms with E-state index in [1.807, 2.05) is 0 Å². The van der Waals surface area contributed by atoms with Gasteiger partial charge in [0.25, 0.3) is 0 Å². The fraction of sp³-hybridized carbons (Fsp3) is 0.929. The molecule has 4 nitrogen and oxygen atoms in total. The highest BCUT2D eigenvalue weighted by atomic mass is 16.5. The number of hydrogen-bond acceptors (Lipinski definition) is 4. The molecule has 0 saturated carbocycles. The molecule has 1 heterocycles. The predicted octanol–water partition coefficient (Wildman–Crippen LogP) is 1.60. The van der Waals surface area contributed by atoms with E-state index < -0.39 is 0 Å². The molecule has 1 aliphatic rings. The molecular formula is C14H28N2O2. The lowest BCUT2D eigenvalue weighted by atomic mass is 9.96. The van der Waals surface area contributed by atoms with Crippen LogP contribution in [0.1, 0.15) is 32.6 Å². The lowest BCUT2D eigenvalue weighted by Crippen LogP contribution is -2.40. The highest BCUT2D eigenvalue weighted by molar-refractivity contribution is 5.71. The second-order valence-corrected chi connectivity index (χ2v) is 5.56. The van der Waals surface area contributed by atoms with E-state index in [0.717, 1.165) is 38.4 Å². The maximum atomic E-state index is 11.6. The molecule has 0 aromatic heterocycles. The first kappa shape index (κ1) is 15.4. The molecule has 0 spiro atoms. The Morgan fingerprint density at radius 2 is 2.00 bits per heavy atom. The maximum absolute atomic E-state index is 11.6. The van der Waals surface area contributed by atoms with Crippen molar-refractivity contribution in [2.24, 2.45) is 5.92 Å². The lowest BCUT2D eigenvalue weighted by molar-refractivity contribution is -0.145. The second-order valence-electron chi connectivity index (χ2n) is 5.56. The van der Waals surface area contributed by atoms with Crippen molar-refractivity contribution >= 4 is 5.97 Å². The molecule has 18 heavy (non-hydrogen) atoms. The first-order valence-corrected chi connectivity index (χ1v) is 7.14. The zero-order chi connectivity index (χ0) is 13.4. The topological polar surface area (TPSA) is 32.8 Å². The summed E-state index contributed by atoms with van der Waals surface area (Å²) in [5.41, 5.74) is 0. The third-order valence-corrected chi connectivity index (χ3v) is 3.44. The SMILES string of the molecule is CCCCOC(=O)CN1CCC(CN(C)C)CC1. The van der Waals surface area contributed by atoms with Crippen molar-refractivity contribution in [3.05, 3.63) is 0 Å². The molecule has 4 heteroatoms. The van der Waals surface area contributed by atoms with Gasteiger partial charge < -0.3 is 9.64 Å². The Morgan fingerprint density at radius 3 is 2.56 bits per heavy atom. The highest BCUT2D eigenvalue weighted by Crippen LogP contribution is 2.17. The number of unbranched alkanes of at least 4 members (excludes halogenated alkanes) is 1. The van der Waals surface area contributed by atoms with E-state index in [2.05, 4.69) is 30.8 Å². The largest absolute Gasteiger partial charge is 0.465 e. The summed E-state index contributed by atoms with van der Waals surface area (Å²) < 4.78 is 5.19. The Bertz CT molecular complexity index is 236. The van der Waals surface area contributed by atoms with Crippen LogP contribution in [-0.4, -0.2) is 62.7 Å². The fourth-order valence-corrected chi connectivity index (χ4v) is 2.40. The summed E-state index contributed by atoms with van der Waals surface area (Å²) in [4.78, 5) is 16.0. The van der Waals surface area contributed by atoms with Gasteiger partial charge in [-0.2, -0.15) is 0 Å². The fourth-order valence-electron chi connectivity index (χ4n) is 2.40. The minimum absolute atomic E-state index is 0.0606. The number of rotatable bonds is 7. The van der Waals surface area contributed by atoms with Gasteiger partial charge in [0.15, 0.2) is 0 Å². The van der Waals surface area contributed by atoms with Gasteiger partial charge >= 0.3 is 5.97 Å². The van der Waals surface area contributed by atoms with Crippen LogP contribution in [0, 0.1) is 5.92 Å². The molecule has 1 saturated heterocycles. The summed E-state index contributed by atoms with van der Waals surface area (Å²) in [5.74, 6) is 0.724. The van der Waals surface area contributed by atoms with Crippen LogP contribution in [0.4, 0.5) is 0 Å². The summed E-state index contributed by atoms with van der Waals surface area (Å²) >= 11 is 0. The Morgan fingerprint density at radius 1 is 1.33 bits per heavy atom. The molecule has 1 rings (SSSR count). The molecule has 0 unspecified atom stereocenters. The van der Waals surface area contributed by atoms with Crippen LogP contribution in [0.25, 0.3) is 0 Å². The minimum Gasteiger partial charge on any atom is -0.465 e. The van der Waals surface area contributed by atoms with Gasteiger partial charge in [0.1, 0.15) is 0 Å². The summed E-state index contributed by atoms with van der Waals surface area (Å²) in [6.07, 6.45) is 4.43. The average molecular weight is 256 g/mol. The van der Waals surface area contributed by atoms with Gasteiger partial charge in [0, 0.05) is 6.54 Å². The van der Waals surface area contributed by atoms with Crippen molar-refractivity contribution < 1.29 is 9.53 Å². The Labute approximate surface area is 111 Å². The molecule has 0 atom stereocenters. The first-order valence-electron chi connectivity index (χ1n) is 7.14. The van der Waals surface area contributed by atoms with E-state index >= 15 is 0 Å². The summed E-state index contributed by atoms with van der Waals surface area (Å²) in [7, 11) is 4.24. The van der Waals surface area contributed by atoms with Crippen molar-refractivity contribution in [1.82, 2.24) is 9.80 Å². The third-order valence-electron chi connectivity index (χ3n) is 3.44. The number of ether oxygens (including phenoxy) is 1. The van der Waals surface area contributed by atoms with E-state index in [1.165, 1.54) is 12.8 Å². The molecule has 1 fully saturated rings. The Balaban J connectivity index is 2.13. The van der Waals surface area contributed by atoms with E-state index in [-0.39, 0.29) is 5.97 Å². The van der Waals surface area contributed by atoms with Crippen molar-refractivity contribution in [1.29, 1.82) is 0 Å². The summed E-state index contributed by atoms with van der Waals surface area (Å²) in [5, 5.41) is 0. The number of hydrogen-bond donors (Lipinski definition) is 0. The molecule has 0 aliphatic carbocycles. The second kappa shape index (κ2) is 8.48. The van der Waals surface area contributed by atoms with Gasteiger partial charge in [0.2, 0.25) is 0 Å². The van der Waals surface area contributed by atoms with Gasteiger partial charge in [-0.15, -0.1) is 0 Å². The van der Waals surface area contributed by atoms with Crippen LogP contribution >= 0.6 is 0 Å². The van der Waals surface area contributed by atoms with Gasteiger partial charge in [-0.1, -0.05) is 13.3 Å². The molecule has 0 bridgehead atoms. The van der Waals surface area contributed by atoms with Crippen molar-refractivity contribution in [3.63, 3.8) is 0 Å². The van der Waals surface area contributed by atoms with Crippen LogP contribution in [0.3, 0.4) is 0 Å². The first-order chi connectivity index (χ1) is 8.61. The van der Waals surface area contributed by atoms with Crippen LogP contribution in [0.5, 0.6) is 0 Å². The predicted molar refractivity (Wildman–Crippen MR) is 73.6 cm³/mol. The van der Waals surface area contributed by atoms with Gasteiger partial charge in [-0.3, -0.25) is 9.69 Å². The minimum atomic E-state index is -0.0606. The third kappa shape index (κ3) is 6.36. The quantitative estimate of drug-likeness (QED) is 0.512. The molecule has 0 amide bonds. The highest BCUT2D eigenvalue weighted by Gasteiger charge is 2.21. The van der Waals surface area contributed by atoms with E-state index in [9.17, 15) is 4.79 Å². The van der Waals surface area contributed by atoms with Crippen LogP contribution in [0.2, 0.25) is 0 Å². The molecule has 0 N–H and O–H groups in total. The molecule has 0 aromatic rings. The molecular weight excluding hydrogens is 228 g/mol. The van der Waals surface area contributed by atoms with Gasteiger partial charge in [-0.25, -0.2) is 0 Å². The number of carbonyl (C=O) groups excluding carboxylic acids is 1. The normalized spacial score (nSPS) is 18.2. The van der Waals surface area contributed by atoms with E-state index in [0.29, 0.717) is 13.2 Å².